The van der Waals surface area contributed by atoms with Crippen LogP contribution < -0.4 is 0 Å². The minimum Gasteiger partial charge on any atom is -0.390 e. The van der Waals surface area contributed by atoms with Crippen molar-refractivity contribution in [1.82, 2.24) is 4.90 Å². The smallest absolute Gasteiger partial charge is 0.0675 e. The van der Waals surface area contributed by atoms with Gasteiger partial charge in [-0.05, 0) is 44.2 Å². The summed E-state index contributed by atoms with van der Waals surface area (Å²) in [5.41, 5.74) is 0.905. The molecule has 2 nitrogen and oxygen atoms in total. The topological polar surface area (TPSA) is 23.5 Å². The molecule has 100 valence electrons. The molecule has 1 fully saturated rings. The summed E-state index contributed by atoms with van der Waals surface area (Å²) in [6.45, 7) is 5.50. The van der Waals surface area contributed by atoms with Gasteiger partial charge in [-0.25, -0.2) is 0 Å². The summed E-state index contributed by atoms with van der Waals surface area (Å²) in [5.74, 6) is 0. The Morgan fingerprint density at radius 1 is 1.17 bits per heavy atom. The molecule has 1 aliphatic heterocycles. The highest BCUT2D eigenvalue weighted by Gasteiger charge is 2.31. The van der Waals surface area contributed by atoms with Crippen LogP contribution in [-0.4, -0.2) is 35.2 Å². The van der Waals surface area contributed by atoms with Gasteiger partial charge < -0.3 is 10.0 Å². The van der Waals surface area contributed by atoms with Gasteiger partial charge in [0.25, 0.3) is 0 Å². The molecule has 1 aromatic rings. The molecule has 0 atom stereocenters. The van der Waals surface area contributed by atoms with Crippen LogP contribution in [-0.2, 0) is 6.42 Å². The Morgan fingerprint density at radius 3 is 2.44 bits per heavy atom. The molecule has 1 aliphatic rings. The first-order chi connectivity index (χ1) is 8.72. The van der Waals surface area contributed by atoms with Crippen molar-refractivity contribution < 1.29 is 5.11 Å². The fourth-order valence-electron chi connectivity index (χ4n) is 2.78. The zero-order valence-electron chi connectivity index (χ0n) is 11.4. The van der Waals surface area contributed by atoms with E-state index in [0.717, 1.165) is 38.8 Å². The van der Waals surface area contributed by atoms with Gasteiger partial charge in [0.1, 0.15) is 0 Å². The van der Waals surface area contributed by atoms with Crippen LogP contribution in [0.3, 0.4) is 0 Å². The first kappa shape index (κ1) is 13.6. The first-order valence-corrected chi connectivity index (χ1v) is 7.20. The molecule has 0 spiro atoms. The molecule has 0 bridgehead atoms. The van der Waals surface area contributed by atoms with E-state index in [1.54, 1.807) is 0 Å². The molecule has 0 saturated carbocycles. The summed E-state index contributed by atoms with van der Waals surface area (Å²) in [6.07, 6.45) is 4.96. The van der Waals surface area contributed by atoms with E-state index in [-0.39, 0.29) is 0 Å². The minimum atomic E-state index is -0.430. The van der Waals surface area contributed by atoms with Gasteiger partial charge in [0.15, 0.2) is 0 Å². The van der Waals surface area contributed by atoms with Gasteiger partial charge in [-0.3, -0.25) is 0 Å². The second-order valence-electron chi connectivity index (χ2n) is 5.55. The second-order valence-corrected chi connectivity index (χ2v) is 5.55. The Morgan fingerprint density at radius 2 is 1.83 bits per heavy atom. The van der Waals surface area contributed by atoms with Gasteiger partial charge in [0.2, 0.25) is 0 Å². The Balaban J connectivity index is 1.79. The molecule has 1 aromatic carbocycles. The molecule has 0 aromatic heterocycles. The number of hydrogen-bond acceptors (Lipinski definition) is 2. The van der Waals surface area contributed by atoms with E-state index >= 15 is 0 Å². The highest BCUT2D eigenvalue weighted by atomic mass is 16.3. The van der Waals surface area contributed by atoms with E-state index in [2.05, 4.69) is 36.1 Å². The fourth-order valence-corrected chi connectivity index (χ4v) is 2.78. The van der Waals surface area contributed by atoms with Crippen molar-refractivity contribution in [2.75, 3.05) is 19.6 Å². The molecule has 2 heteroatoms. The average Bonchev–Trinajstić information content (AvgIpc) is 2.41. The molecular formula is C16H25NO. The molecular weight excluding hydrogens is 222 g/mol. The minimum absolute atomic E-state index is 0.430. The quantitative estimate of drug-likeness (QED) is 0.865. The van der Waals surface area contributed by atoms with Crippen LogP contribution in [0.1, 0.15) is 38.2 Å². The van der Waals surface area contributed by atoms with Gasteiger partial charge in [-0.15, -0.1) is 0 Å². The van der Waals surface area contributed by atoms with Crippen molar-refractivity contribution in [1.29, 1.82) is 0 Å². The predicted molar refractivity (Wildman–Crippen MR) is 75.7 cm³/mol. The third-order valence-corrected chi connectivity index (χ3v) is 4.05. The monoisotopic (exact) mass is 247 g/mol. The Kier molecular flexibility index (Phi) is 4.79. The van der Waals surface area contributed by atoms with Crippen molar-refractivity contribution in [2.24, 2.45) is 0 Å². The largest absolute Gasteiger partial charge is 0.390 e. The number of likely N-dealkylation sites (tertiary alicyclic amines) is 1. The van der Waals surface area contributed by atoms with E-state index in [0.29, 0.717) is 0 Å². The normalized spacial score (nSPS) is 19.9. The maximum atomic E-state index is 10.6. The summed E-state index contributed by atoms with van der Waals surface area (Å²) < 4.78 is 0. The number of rotatable bonds is 5. The third kappa shape index (κ3) is 3.82. The fraction of sp³-hybridized carbons (Fsp3) is 0.625. The zero-order chi connectivity index (χ0) is 12.8. The van der Waals surface area contributed by atoms with E-state index < -0.39 is 5.60 Å². The Hall–Kier alpha value is -0.860. The molecule has 0 amide bonds. The molecule has 0 unspecified atom stereocenters. The first-order valence-electron chi connectivity index (χ1n) is 7.20. The molecule has 0 radical (unpaired) electrons. The summed E-state index contributed by atoms with van der Waals surface area (Å²) in [4.78, 5) is 2.47. The van der Waals surface area contributed by atoms with Gasteiger partial charge in [0, 0.05) is 13.1 Å². The third-order valence-electron chi connectivity index (χ3n) is 4.05. The van der Waals surface area contributed by atoms with Crippen molar-refractivity contribution >= 4 is 0 Å². The number of hydrogen-bond donors (Lipinski definition) is 1. The van der Waals surface area contributed by atoms with Gasteiger partial charge >= 0.3 is 0 Å². The van der Waals surface area contributed by atoms with Crippen molar-refractivity contribution in [3.63, 3.8) is 0 Å². The SMILES string of the molecule is CCCN1CCC(O)(CCc2ccccc2)CC1. The lowest BCUT2D eigenvalue weighted by Crippen LogP contribution is -2.44. The highest BCUT2D eigenvalue weighted by Crippen LogP contribution is 2.27. The number of piperidine rings is 1. The van der Waals surface area contributed by atoms with Crippen LogP contribution in [0.4, 0.5) is 0 Å². The summed E-state index contributed by atoms with van der Waals surface area (Å²) in [5, 5.41) is 10.6. The van der Waals surface area contributed by atoms with E-state index in [1.165, 1.54) is 18.5 Å². The van der Waals surface area contributed by atoms with Crippen molar-refractivity contribution in [3.8, 4) is 0 Å². The molecule has 1 saturated heterocycles. The number of aliphatic hydroxyl groups is 1. The van der Waals surface area contributed by atoms with Crippen LogP contribution >= 0.6 is 0 Å². The average molecular weight is 247 g/mol. The number of nitrogens with zero attached hydrogens (tertiary/aromatic N) is 1. The van der Waals surface area contributed by atoms with Gasteiger partial charge in [-0.1, -0.05) is 37.3 Å². The van der Waals surface area contributed by atoms with Crippen LogP contribution in [0.5, 0.6) is 0 Å². The van der Waals surface area contributed by atoms with Gasteiger partial charge in [0.05, 0.1) is 5.60 Å². The Bertz CT molecular complexity index is 341. The van der Waals surface area contributed by atoms with Crippen LogP contribution in [0.15, 0.2) is 30.3 Å². The predicted octanol–water partition coefficient (Wildman–Crippen LogP) is 2.86. The second kappa shape index (κ2) is 6.35. The molecule has 18 heavy (non-hydrogen) atoms. The van der Waals surface area contributed by atoms with Crippen LogP contribution in [0.2, 0.25) is 0 Å². The van der Waals surface area contributed by atoms with Gasteiger partial charge in [-0.2, -0.15) is 0 Å². The molecule has 0 aliphatic carbocycles. The summed E-state index contributed by atoms with van der Waals surface area (Å²) >= 11 is 0. The van der Waals surface area contributed by atoms with Crippen LogP contribution in [0.25, 0.3) is 0 Å². The zero-order valence-corrected chi connectivity index (χ0v) is 11.4. The molecule has 1 N–H and O–H groups in total. The summed E-state index contributed by atoms with van der Waals surface area (Å²) in [6, 6.07) is 10.5. The van der Waals surface area contributed by atoms with Crippen LogP contribution in [0, 0.1) is 0 Å². The highest BCUT2D eigenvalue weighted by molar-refractivity contribution is 5.15. The summed E-state index contributed by atoms with van der Waals surface area (Å²) in [7, 11) is 0. The van der Waals surface area contributed by atoms with E-state index in [4.69, 9.17) is 0 Å². The van der Waals surface area contributed by atoms with Crippen molar-refractivity contribution in [3.05, 3.63) is 35.9 Å². The maximum absolute atomic E-state index is 10.6. The standard InChI is InChI=1S/C16H25NO/c1-2-12-17-13-10-16(18,11-14-17)9-8-15-6-4-3-5-7-15/h3-7,18H,2,8-14H2,1H3. The number of benzene rings is 1. The molecule has 1 heterocycles. The maximum Gasteiger partial charge on any atom is 0.0675 e. The number of aryl methyl sites for hydroxylation is 1. The van der Waals surface area contributed by atoms with E-state index in [1.807, 2.05) is 6.07 Å². The lowest BCUT2D eigenvalue weighted by Gasteiger charge is -2.38. The van der Waals surface area contributed by atoms with E-state index in [9.17, 15) is 5.11 Å². The lowest BCUT2D eigenvalue weighted by molar-refractivity contribution is -0.0271. The Labute approximate surface area is 111 Å². The van der Waals surface area contributed by atoms with Crippen molar-refractivity contribution in [2.45, 2.75) is 44.6 Å². The molecule has 2 rings (SSSR count). The lowest BCUT2D eigenvalue weighted by atomic mass is 9.86.